The van der Waals surface area contributed by atoms with E-state index in [1.165, 1.54) is 5.56 Å². The maximum atomic E-state index is 5.86. The molecule has 21 heavy (non-hydrogen) atoms. The fourth-order valence-corrected chi connectivity index (χ4v) is 3.34. The number of halogens is 2. The van der Waals surface area contributed by atoms with Crippen molar-refractivity contribution in [3.63, 3.8) is 0 Å². The molecule has 0 aromatic heterocycles. The third-order valence-electron chi connectivity index (χ3n) is 4.09. The summed E-state index contributed by atoms with van der Waals surface area (Å²) in [5.74, 6) is 1.50. The summed E-state index contributed by atoms with van der Waals surface area (Å²) in [4.78, 5) is 2.44. The zero-order valence-corrected chi connectivity index (χ0v) is 15.2. The van der Waals surface area contributed by atoms with E-state index in [2.05, 4.69) is 33.8 Å². The molecule has 1 saturated heterocycles. The Hall–Kier alpha value is -0.490. The molecule has 1 aliphatic rings. The number of hydrogen-bond donors (Lipinski definition) is 1. The minimum atomic E-state index is 0. The van der Waals surface area contributed by atoms with Crippen molar-refractivity contribution in [2.24, 2.45) is 11.1 Å². The van der Waals surface area contributed by atoms with Crippen LogP contribution in [-0.2, 0) is 6.54 Å². The number of nitrogens with two attached hydrogens (primary N) is 1. The lowest BCUT2D eigenvalue weighted by atomic mass is 9.90. The van der Waals surface area contributed by atoms with Crippen LogP contribution < -0.4 is 15.2 Å². The highest BCUT2D eigenvalue weighted by molar-refractivity contribution is 9.10. The Labute approximate surface area is 141 Å². The van der Waals surface area contributed by atoms with Crippen molar-refractivity contribution in [1.82, 2.24) is 4.90 Å². The first-order valence-electron chi connectivity index (χ1n) is 6.85. The summed E-state index contributed by atoms with van der Waals surface area (Å²) in [7, 11) is 3.31. The molecule has 120 valence electrons. The van der Waals surface area contributed by atoms with Crippen LogP contribution in [0.2, 0.25) is 0 Å². The highest BCUT2D eigenvalue weighted by Crippen LogP contribution is 2.39. The molecule has 1 atom stereocenters. The van der Waals surface area contributed by atoms with Gasteiger partial charge in [-0.1, -0.05) is 13.0 Å². The second kappa shape index (κ2) is 7.68. The van der Waals surface area contributed by atoms with Crippen LogP contribution >= 0.6 is 28.3 Å². The Balaban J connectivity index is 0.00000220. The first-order chi connectivity index (χ1) is 9.53. The topological polar surface area (TPSA) is 47.7 Å². The van der Waals surface area contributed by atoms with E-state index >= 15 is 0 Å². The minimum absolute atomic E-state index is 0. The van der Waals surface area contributed by atoms with E-state index in [-0.39, 0.29) is 17.8 Å². The van der Waals surface area contributed by atoms with E-state index in [1.807, 2.05) is 6.07 Å². The predicted molar refractivity (Wildman–Crippen MR) is 91.5 cm³/mol. The maximum absolute atomic E-state index is 5.86. The maximum Gasteiger partial charge on any atom is 0.175 e. The fourth-order valence-electron chi connectivity index (χ4n) is 2.72. The van der Waals surface area contributed by atoms with Gasteiger partial charge in [-0.3, -0.25) is 4.90 Å². The minimum Gasteiger partial charge on any atom is -0.493 e. The van der Waals surface area contributed by atoms with Crippen LogP contribution in [0.4, 0.5) is 0 Å². The first-order valence-corrected chi connectivity index (χ1v) is 7.64. The monoisotopic (exact) mass is 378 g/mol. The number of likely N-dealkylation sites (tertiary alicyclic amines) is 1. The molecule has 0 aliphatic carbocycles. The molecule has 2 N–H and O–H groups in total. The molecule has 6 heteroatoms. The van der Waals surface area contributed by atoms with E-state index in [0.717, 1.165) is 48.6 Å². The summed E-state index contributed by atoms with van der Waals surface area (Å²) in [5, 5.41) is 0. The summed E-state index contributed by atoms with van der Waals surface area (Å²) >= 11 is 3.63. The largest absolute Gasteiger partial charge is 0.493 e. The SMILES string of the molecule is COc1ccc(CN2CCC(C)(CN)C2)c(Br)c1OC.Cl. The summed E-state index contributed by atoms with van der Waals surface area (Å²) in [6.45, 7) is 6.04. The van der Waals surface area contributed by atoms with E-state index in [9.17, 15) is 0 Å². The molecule has 4 nitrogen and oxygen atoms in total. The predicted octanol–water partition coefficient (Wildman–Crippen LogP) is 3.06. The van der Waals surface area contributed by atoms with Crippen LogP contribution in [0.5, 0.6) is 11.5 Å². The van der Waals surface area contributed by atoms with Gasteiger partial charge in [0, 0.05) is 13.1 Å². The van der Waals surface area contributed by atoms with Gasteiger partial charge in [-0.15, -0.1) is 12.4 Å². The zero-order valence-electron chi connectivity index (χ0n) is 12.8. The summed E-state index contributed by atoms with van der Waals surface area (Å²) < 4.78 is 11.7. The zero-order chi connectivity index (χ0) is 14.8. The van der Waals surface area contributed by atoms with Crippen LogP contribution in [-0.4, -0.2) is 38.8 Å². The van der Waals surface area contributed by atoms with E-state index < -0.39 is 0 Å². The number of methoxy groups -OCH3 is 2. The van der Waals surface area contributed by atoms with Gasteiger partial charge in [0.2, 0.25) is 0 Å². The number of rotatable bonds is 5. The van der Waals surface area contributed by atoms with Gasteiger partial charge in [0.05, 0.1) is 18.7 Å². The quantitative estimate of drug-likeness (QED) is 0.854. The molecule has 0 bridgehead atoms. The molecule has 1 aromatic rings. The Morgan fingerprint density at radius 2 is 2.05 bits per heavy atom. The van der Waals surface area contributed by atoms with Crippen LogP contribution in [0.15, 0.2) is 16.6 Å². The highest BCUT2D eigenvalue weighted by Gasteiger charge is 2.32. The third-order valence-corrected chi connectivity index (χ3v) is 4.96. The second-order valence-corrected chi connectivity index (χ2v) is 6.54. The first kappa shape index (κ1) is 18.6. The third kappa shape index (κ3) is 4.03. The molecule has 0 radical (unpaired) electrons. The van der Waals surface area contributed by atoms with Crippen molar-refractivity contribution in [3.05, 3.63) is 22.2 Å². The van der Waals surface area contributed by atoms with Gasteiger partial charge in [-0.2, -0.15) is 0 Å². The van der Waals surface area contributed by atoms with Gasteiger partial charge >= 0.3 is 0 Å². The molecule has 0 saturated carbocycles. The van der Waals surface area contributed by atoms with Gasteiger partial charge in [-0.05, 0) is 52.5 Å². The number of ether oxygens (including phenoxy) is 2. The van der Waals surface area contributed by atoms with Crippen LogP contribution in [0.3, 0.4) is 0 Å². The molecule has 2 rings (SSSR count). The molecule has 1 fully saturated rings. The summed E-state index contributed by atoms with van der Waals surface area (Å²) in [6.07, 6.45) is 1.16. The van der Waals surface area contributed by atoms with Gasteiger partial charge < -0.3 is 15.2 Å². The average Bonchev–Trinajstić information content (AvgIpc) is 2.83. The Bertz CT molecular complexity index is 487. The lowest BCUT2D eigenvalue weighted by Gasteiger charge is -2.23. The van der Waals surface area contributed by atoms with Gasteiger partial charge in [-0.25, -0.2) is 0 Å². The van der Waals surface area contributed by atoms with Crippen LogP contribution in [0.1, 0.15) is 18.9 Å². The molecule has 1 aliphatic heterocycles. The normalized spacial score (nSPS) is 22.0. The summed E-state index contributed by atoms with van der Waals surface area (Å²) in [6, 6.07) is 4.04. The Morgan fingerprint density at radius 1 is 1.33 bits per heavy atom. The fraction of sp³-hybridized carbons (Fsp3) is 0.600. The van der Waals surface area contributed by atoms with E-state index in [0.29, 0.717) is 0 Å². The van der Waals surface area contributed by atoms with Crippen molar-refractivity contribution in [1.29, 1.82) is 0 Å². The van der Waals surface area contributed by atoms with Crippen molar-refractivity contribution >= 4 is 28.3 Å². The van der Waals surface area contributed by atoms with Gasteiger partial charge in [0.15, 0.2) is 11.5 Å². The Kier molecular flexibility index (Phi) is 6.78. The van der Waals surface area contributed by atoms with Crippen LogP contribution in [0, 0.1) is 5.41 Å². The molecular formula is C15H24BrClN2O2. The molecule has 0 spiro atoms. The van der Waals surface area contributed by atoms with E-state index in [1.54, 1.807) is 14.2 Å². The Morgan fingerprint density at radius 3 is 2.57 bits per heavy atom. The molecule has 1 heterocycles. The molecule has 1 aromatic carbocycles. The molecule has 0 amide bonds. The number of nitrogens with zero attached hydrogens (tertiary/aromatic N) is 1. The second-order valence-electron chi connectivity index (χ2n) is 5.75. The van der Waals surface area contributed by atoms with Crippen molar-refractivity contribution in [2.75, 3.05) is 33.9 Å². The van der Waals surface area contributed by atoms with Crippen molar-refractivity contribution in [2.45, 2.75) is 19.9 Å². The number of hydrogen-bond acceptors (Lipinski definition) is 4. The number of benzene rings is 1. The highest BCUT2D eigenvalue weighted by atomic mass is 79.9. The smallest absolute Gasteiger partial charge is 0.175 e. The average molecular weight is 380 g/mol. The molecule has 1 unspecified atom stereocenters. The summed E-state index contributed by atoms with van der Waals surface area (Å²) in [5.41, 5.74) is 7.33. The standard InChI is InChI=1S/C15H23BrN2O2.ClH/c1-15(9-17)6-7-18(10-15)8-11-4-5-12(19-2)14(20-3)13(11)16;/h4-5H,6-10,17H2,1-3H3;1H. The van der Waals surface area contributed by atoms with Gasteiger partial charge in [0.1, 0.15) is 0 Å². The lowest BCUT2D eigenvalue weighted by molar-refractivity contribution is 0.273. The molecular weight excluding hydrogens is 356 g/mol. The van der Waals surface area contributed by atoms with Crippen molar-refractivity contribution in [3.8, 4) is 11.5 Å². The van der Waals surface area contributed by atoms with Crippen LogP contribution in [0.25, 0.3) is 0 Å². The lowest BCUT2D eigenvalue weighted by Crippen LogP contribution is -2.31. The van der Waals surface area contributed by atoms with Gasteiger partial charge in [0.25, 0.3) is 0 Å². The van der Waals surface area contributed by atoms with Crippen molar-refractivity contribution < 1.29 is 9.47 Å². The van der Waals surface area contributed by atoms with E-state index in [4.69, 9.17) is 15.2 Å².